The van der Waals surface area contributed by atoms with E-state index in [1.165, 1.54) is 12.8 Å². The summed E-state index contributed by atoms with van der Waals surface area (Å²) in [7, 11) is 0. The smallest absolute Gasteiger partial charge is 0.220 e. The van der Waals surface area contributed by atoms with E-state index in [4.69, 9.17) is 28.9 Å². The standard InChI is InChI=1S/C14H18Cl2N2O.ClH/c15-11-5-3-9(12(16)7-11)4-6-14(19)18-8-13(17)10-1-2-10;/h3,5,7,10,13H,1-2,4,6,8,17H2,(H,18,19);1H. The van der Waals surface area contributed by atoms with Crippen molar-refractivity contribution in [1.82, 2.24) is 5.32 Å². The highest BCUT2D eigenvalue weighted by Gasteiger charge is 2.28. The van der Waals surface area contributed by atoms with Crippen LogP contribution in [0.15, 0.2) is 18.2 Å². The van der Waals surface area contributed by atoms with E-state index >= 15 is 0 Å². The summed E-state index contributed by atoms with van der Waals surface area (Å²) in [5.41, 5.74) is 6.86. The third-order valence-corrected chi connectivity index (χ3v) is 3.99. The Morgan fingerprint density at radius 2 is 2.10 bits per heavy atom. The number of carbonyl (C=O) groups is 1. The molecule has 1 saturated carbocycles. The Hall–Kier alpha value is -0.480. The van der Waals surface area contributed by atoms with Gasteiger partial charge >= 0.3 is 0 Å². The molecule has 0 heterocycles. The van der Waals surface area contributed by atoms with Gasteiger partial charge in [0.15, 0.2) is 0 Å². The van der Waals surface area contributed by atoms with Gasteiger partial charge in [-0.25, -0.2) is 0 Å². The average Bonchev–Trinajstić information content (AvgIpc) is 3.19. The molecule has 0 spiro atoms. The van der Waals surface area contributed by atoms with Crippen LogP contribution in [0.1, 0.15) is 24.8 Å². The Labute approximate surface area is 135 Å². The molecule has 1 fully saturated rings. The van der Waals surface area contributed by atoms with Crippen LogP contribution in [0.3, 0.4) is 0 Å². The SMILES string of the molecule is Cl.NC(CNC(=O)CCc1ccc(Cl)cc1Cl)C1CC1. The van der Waals surface area contributed by atoms with Gasteiger partial charge in [0.05, 0.1) is 0 Å². The predicted molar refractivity (Wildman–Crippen MR) is 85.7 cm³/mol. The van der Waals surface area contributed by atoms with E-state index in [0.29, 0.717) is 35.3 Å². The summed E-state index contributed by atoms with van der Waals surface area (Å²) in [5, 5.41) is 4.08. The normalized spacial score (nSPS) is 15.3. The summed E-state index contributed by atoms with van der Waals surface area (Å²) in [6.07, 6.45) is 3.41. The van der Waals surface area contributed by atoms with E-state index in [-0.39, 0.29) is 24.4 Å². The molecule has 1 aromatic carbocycles. The molecule has 0 aromatic heterocycles. The van der Waals surface area contributed by atoms with Crippen molar-refractivity contribution in [2.75, 3.05) is 6.54 Å². The molecule has 0 saturated heterocycles. The van der Waals surface area contributed by atoms with Gasteiger partial charge in [-0.3, -0.25) is 4.79 Å². The number of amides is 1. The molecular formula is C14H19Cl3N2O. The Morgan fingerprint density at radius 3 is 2.70 bits per heavy atom. The molecule has 3 nitrogen and oxygen atoms in total. The first kappa shape index (κ1) is 17.6. The summed E-state index contributed by atoms with van der Waals surface area (Å²) in [6.45, 7) is 0.567. The van der Waals surface area contributed by atoms with E-state index in [9.17, 15) is 4.79 Å². The monoisotopic (exact) mass is 336 g/mol. The second-order valence-corrected chi connectivity index (χ2v) is 5.88. The van der Waals surface area contributed by atoms with Crippen LogP contribution in [0.25, 0.3) is 0 Å². The second-order valence-electron chi connectivity index (χ2n) is 5.04. The number of hydrogen-bond acceptors (Lipinski definition) is 2. The van der Waals surface area contributed by atoms with Gasteiger partial charge in [0.2, 0.25) is 5.91 Å². The van der Waals surface area contributed by atoms with E-state index in [1.807, 2.05) is 6.07 Å². The van der Waals surface area contributed by atoms with Crippen molar-refractivity contribution >= 4 is 41.5 Å². The maximum absolute atomic E-state index is 11.7. The first-order valence-electron chi connectivity index (χ1n) is 6.52. The topological polar surface area (TPSA) is 55.1 Å². The van der Waals surface area contributed by atoms with Gasteiger partial charge in [0.1, 0.15) is 0 Å². The largest absolute Gasteiger partial charge is 0.355 e. The van der Waals surface area contributed by atoms with Crippen molar-refractivity contribution < 1.29 is 4.79 Å². The number of carbonyl (C=O) groups excluding carboxylic acids is 1. The minimum atomic E-state index is 0. The first-order chi connectivity index (χ1) is 9.06. The zero-order chi connectivity index (χ0) is 13.8. The van der Waals surface area contributed by atoms with Crippen LogP contribution in [0.2, 0.25) is 10.0 Å². The fourth-order valence-corrected chi connectivity index (χ4v) is 2.49. The van der Waals surface area contributed by atoms with Gasteiger partial charge in [0, 0.05) is 29.1 Å². The van der Waals surface area contributed by atoms with Crippen LogP contribution in [0, 0.1) is 5.92 Å². The van der Waals surface area contributed by atoms with Crippen LogP contribution < -0.4 is 11.1 Å². The summed E-state index contributed by atoms with van der Waals surface area (Å²) in [4.78, 5) is 11.7. The fourth-order valence-electron chi connectivity index (χ4n) is 1.98. The lowest BCUT2D eigenvalue weighted by molar-refractivity contribution is -0.121. The van der Waals surface area contributed by atoms with Crippen molar-refractivity contribution in [2.24, 2.45) is 11.7 Å². The summed E-state index contributed by atoms with van der Waals surface area (Å²) >= 11 is 11.9. The van der Waals surface area contributed by atoms with Gasteiger partial charge in [0.25, 0.3) is 0 Å². The number of halogens is 3. The Bertz CT molecular complexity index is 464. The Kier molecular flexibility index (Phi) is 7.10. The second kappa shape index (κ2) is 8.08. The quantitative estimate of drug-likeness (QED) is 0.837. The molecule has 2 rings (SSSR count). The van der Waals surface area contributed by atoms with Gasteiger partial charge in [-0.15, -0.1) is 12.4 Å². The highest BCUT2D eigenvalue weighted by atomic mass is 35.5. The van der Waals surface area contributed by atoms with Crippen LogP contribution in [-0.4, -0.2) is 18.5 Å². The average molecular weight is 338 g/mol. The summed E-state index contributed by atoms with van der Waals surface area (Å²) in [5.74, 6) is 0.619. The van der Waals surface area contributed by atoms with Gasteiger partial charge < -0.3 is 11.1 Å². The minimum Gasteiger partial charge on any atom is -0.355 e. The Balaban J connectivity index is 0.00000200. The highest BCUT2D eigenvalue weighted by molar-refractivity contribution is 6.35. The molecule has 6 heteroatoms. The molecule has 1 aliphatic rings. The number of nitrogens with one attached hydrogen (secondary N) is 1. The van der Waals surface area contributed by atoms with E-state index < -0.39 is 0 Å². The zero-order valence-corrected chi connectivity index (χ0v) is 13.4. The van der Waals surface area contributed by atoms with Crippen molar-refractivity contribution in [2.45, 2.75) is 31.7 Å². The van der Waals surface area contributed by atoms with Crippen molar-refractivity contribution in [1.29, 1.82) is 0 Å². The van der Waals surface area contributed by atoms with Gasteiger partial charge in [-0.1, -0.05) is 29.3 Å². The van der Waals surface area contributed by atoms with Crippen LogP contribution in [0.5, 0.6) is 0 Å². The van der Waals surface area contributed by atoms with Gasteiger partial charge in [-0.2, -0.15) is 0 Å². The molecule has 0 aliphatic heterocycles. The maximum atomic E-state index is 11.7. The lowest BCUT2D eigenvalue weighted by Crippen LogP contribution is -2.38. The predicted octanol–water partition coefficient (Wildman–Crippen LogP) is 3.20. The van der Waals surface area contributed by atoms with E-state index in [0.717, 1.165) is 5.56 Å². The van der Waals surface area contributed by atoms with Crippen molar-refractivity contribution in [3.8, 4) is 0 Å². The van der Waals surface area contributed by atoms with Crippen LogP contribution >= 0.6 is 35.6 Å². The van der Waals surface area contributed by atoms with E-state index in [2.05, 4.69) is 5.32 Å². The van der Waals surface area contributed by atoms with Gasteiger partial charge in [-0.05, 0) is 42.9 Å². The maximum Gasteiger partial charge on any atom is 0.220 e. The number of nitrogens with two attached hydrogens (primary N) is 1. The number of aryl methyl sites for hydroxylation is 1. The molecule has 0 bridgehead atoms. The summed E-state index contributed by atoms with van der Waals surface area (Å²) < 4.78 is 0. The molecular weight excluding hydrogens is 319 g/mol. The van der Waals surface area contributed by atoms with Crippen LogP contribution in [-0.2, 0) is 11.2 Å². The molecule has 112 valence electrons. The van der Waals surface area contributed by atoms with E-state index in [1.54, 1.807) is 12.1 Å². The molecule has 1 unspecified atom stereocenters. The molecule has 0 radical (unpaired) electrons. The zero-order valence-electron chi connectivity index (χ0n) is 11.1. The van der Waals surface area contributed by atoms with Crippen molar-refractivity contribution in [3.63, 3.8) is 0 Å². The lowest BCUT2D eigenvalue weighted by atomic mass is 10.1. The molecule has 20 heavy (non-hydrogen) atoms. The number of hydrogen-bond donors (Lipinski definition) is 2. The summed E-state index contributed by atoms with van der Waals surface area (Å²) in [6, 6.07) is 5.43. The third kappa shape index (κ3) is 5.49. The Morgan fingerprint density at radius 1 is 1.40 bits per heavy atom. The molecule has 1 atom stereocenters. The molecule has 1 amide bonds. The molecule has 1 aromatic rings. The lowest BCUT2D eigenvalue weighted by Gasteiger charge is -2.11. The van der Waals surface area contributed by atoms with Crippen LogP contribution in [0.4, 0.5) is 0 Å². The number of rotatable bonds is 6. The first-order valence-corrected chi connectivity index (χ1v) is 7.28. The van der Waals surface area contributed by atoms with Crippen molar-refractivity contribution in [3.05, 3.63) is 33.8 Å². The minimum absolute atomic E-state index is 0. The molecule has 1 aliphatic carbocycles. The highest BCUT2D eigenvalue weighted by Crippen LogP contribution is 2.31. The fraction of sp³-hybridized carbons (Fsp3) is 0.500. The number of benzene rings is 1. The molecule has 3 N–H and O–H groups in total. The third-order valence-electron chi connectivity index (χ3n) is 3.40.